The van der Waals surface area contributed by atoms with E-state index in [0.717, 1.165) is 6.54 Å². The van der Waals surface area contributed by atoms with Crippen molar-refractivity contribution < 1.29 is 43.6 Å². The van der Waals surface area contributed by atoms with Gasteiger partial charge < -0.3 is 27.7 Å². The first-order valence-electron chi connectivity index (χ1n) is 9.00. The van der Waals surface area contributed by atoms with Crippen LogP contribution in [-0.4, -0.2) is 56.5 Å². The van der Waals surface area contributed by atoms with Gasteiger partial charge in [0, 0.05) is 42.9 Å². The highest BCUT2D eigenvalue weighted by atomic mass is 32.1. The van der Waals surface area contributed by atoms with Crippen molar-refractivity contribution in [1.29, 1.82) is 0 Å². The van der Waals surface area contributed by atoms with Crippen molar-refractivity contribution in [3.05, 3.63) is 11.9 Å². The molecule has 1 aliphatic rings. The van der Waals surface area contributed by atoms with Crippen molar-refractivity contribution in [2.45, 2.75) is 64.8 Å². The fourth-order valence-corrected chi connectivity index (χ4v) is 3.04. The first-order chi connectivity index (χ1) is 14.3. The van der Waals surface area contributed by atoms with Crippen molar-refractivity contribution >= 4 is 30.8 Å². The fraction of sp³-hybridized carbons (Fsp3) is 0.812. The second-order valence-corrected chi connectivity index (χ2v) is 7.02. The molecule has 0 bridgehead atoms. The van der Waals surface area contributed by atoms with Gasteiger partial charge in [0.25, 0.3) is 0 Å². The highest BCUT2D eigenvalue weighted by Crippen LogP contribution is 2.24. The molecule has 0 spiro atoms. The normalized spacial score (nSPS) is 19.5. The van der Waals surface area contributed by atoms with Gasteiger partial charge in [-0.25, -0.2) is 9.78 Å². The quantitative estimate of drug-likeness (QED) is 0.203. The highest BCUT2D eigenvalue weighted by molar-refractivity contribution is 7.44. The second-order valence-electron chi connectivity index (χ2n) is 7.02. The molecule has 1 fully saturated rings. The van der Waals surface area contributed by atoms with E-state index in [9.17, 15) is 15.3 Å². The Morgan fingerprint density at radius 3 is 2.23 bits per heavy atom. The van der Waals surface area contributed by atoms with Crippen LogP contribution in [-0.2, 0) is 49.7 Å². The van der Waals surface area contributed by atoms with E-state index in [2.05, 4.69) is 69.0 Å². The summed E-state index contributed by atoms with van der Waals surface area (Å²) < 4.78 is 15.7. The maximum atomic E-state index is 12.4. The van der Waals surface area contributed by atoms with Crippen LogP contribution in [0.3, 0.4) is 0 Å². The third-order valence-corrected chi connectivity index (χ3v) is 4.35. The highest BCUT2D eigenvalue weighted by Gasteiger charge is 2.38. The molecule has 15 heteroatoms. The van der Waals surface area contributed by atoms with E-state index in [-0.39, 0.29) is 49.0 Å². The molecular weight excluding hydrogens is 456 g/mol. The molecule has 1 heterocycles. The number of likely N-dealkylation sites (tertiary alicyclic amines) is 1. The zero-order valence-corrected chi connectivity index (χ0v) is 19.6. The van der Waals surface area contributed by atoms with Crippen molar-refractivity contribution in [1.82, 2.24) is 16.4 Å². The van der Waals surface area contributed by atoms with Gasteiger partial charge in [0.1, 0.15) is 12.7 Å². The number of Topliss-reactive ketones (excluding diaryl/α,β-unsaturated/α-hetero) is 1. The van der Waals surface area contributed by atoms with E-state index < -0.39 is 6.10 Å². The minimum absolute atomic E-state index is 0. The predicted octanol–water partition coefficient (Wildman–Crippen LogP) is -1.85. The molecule has 0 amide bonds. The van der Waals surface area contributed by atoms with Crippen LogP contribution in [0.5, 0.6) is 0 Å². The van der Waals surface area contributed by atoms with Gasteiger partial charge in [-0.3, -0.25) is 19.8 Å². The van der Waals surface area contributed by atoms with Gasteiger partial charge in [0.05, 0.1) is 6.04 Å². The maximum Gasteiger partial charge on any atom is 0.197 e. The zero-order chi connectivity index (χ0) is 23.7. The molecule has 0 aromatic rings. The van der Waals surface area contributed by atoms with Crippen LogP contribution in [0, 0.1) is 5.92 Å². The Labute approximate surface area is 192 Å². The number of hydrogen-bond acceptors (Lipinski definition) is 15. The van der Waals surface area contributed by atoms with Crippen molar-refractivity contribution in [2.24, 2.45) is 11.7 Å². The number of rotatable bonds is 12. The molecule has 0 radical (unpaired) electrons. The van der Waals surface area contributed by atoms with Crippen molar-refractivity contribution in [3.63, 3.8) is 0 Å². The Bertz CT molecular complexity index is 502. The monoisotopic (exact) mass is 488 g/mol. The smallest absolute Gasteiger partial charge is 0.197 e. The molecule has 0 saturated carbocycles. The van der Waals surface area contributed by atoms with E-state index in [1.807, 2.05) is 13.8 Å². The van der Waals surface area contributed by atoms with Gasteiger partial charge in [-0.2, -0.15) is 8.42 Å². The molecule has 1 aliphatic heterocycles. The number of hydrogen-bond donors (Lipinski definition) is 3. The topological polar surface area (TPSA) is 211 Å². The van der Waals surface area contributed by atoms with Gasteiger partial charge in [0.15, 0.2) is 30.8 Å². The van der Waals surface area contributed by atoms with Crippen LogP contribution in [0.2, 0.25) is 0 Å². The Balaban J connectivity index is -0.00000148. The molecular formula is C16H32N4O9S2-2. The number of carbonyl (C=O) groups excluding carboxylic acids is 1. The summed E-state index contributed by atoms with van der Waals surface area (Å²) >= 11 is 5.67. The molecule has 3 atom stereocenters. The standard InChI is InChI=1S/C16H31N3O7.H3N.2OS/c1-10(2)16(20)15-6-13(8-19(15)11(3)4)18-7-12(17)5-14(24-26-22)9-23-25-21;;2*1-2/h7,10-11,13-15,18,21-22H,5-6,8-9,17H2,1-4H3;1H3;;/p-2/b12-7-;;;/t13?,14?,15-;;;/m0.../s1. The van der Waals surface area contributed by atoms with Crippen LogP contribution in [0.25, 0.3) is 0 Å². The summed E-state index contributed by atoms with van der Waals surface area (Å²) in [4.78, 5) is 23.2. The molecule has 0 aromatic heterocycles. The summed E-state index contributed by atoms with van der Waals surface area (Å²) in [6.45, 7) is 8.36. The lowest BCUT2D eigenvalue weighted by Crippen LogP contribution is -2.42. The minimum Gasteiger partial charge on any atom is -0.692 e. The van der Waals surface area contributed by atoms with Crippen LogP contribution in [0.4, 0.5) is 0 Å². The van der Waals surface area contributed by atoms with E-state index in [1.165, 1.54) is 0 Å². The molecule has 31 heavy (non-hydrogen) atoms. The molecule has 0 aromatic carbocycles. The lowest BCUT2D eigenvalue weighted by Gasteiger charge is -2.28. The first-order valence-corrected chi connectivity index (χ1v) is 9.66. The summed E-state index contributed by atoms with van der Waals surface area (Å²) in [5.41, 5.74) is 6.27. The number of nitrogens with zero attached hydrogens (tertiary/aromatic N) is 1. The van der Waals surface area contributed by atoms with Crippen molar-refractivity contribution in [2.75, 3.05) is 13.2 Å². The lowest BCUT2D eigenvalue weighted by atomic mass is 9.98. The maximum absolute atomic E-state index is 12.4. The van der Waals surface area contributed by atoms with Crippen LogP contribution in [0.1, 0.15) is 40.5 Å². The first kappa shape index (κ1) is 34.3. The summed E-state index contributed by atoms with van der Waals surface area (Å²) in [5.74, 6) is 0.213. The second kappa shape index (κ2) is 20.6. The largest absolute Gasteiger partial charge is 0.692 e. The Morgan fingerprint density at radius 2 is 1.77 bits per heavy atom. The van der Waals surface area contributed by atoms with Crippen LogP contribution in [0.15, 0.2) is 11.9 Å². The Hall–Kier alpha value is -1.27. The van der Waals surface area contributed by atoms with Crippen LogP contribution >= 0.6 is 0 Å². The molecule has 1 rings (SSSR count). The molecule has 13 nitrogen and oxygen atoms in total. The summed E-state index contributed by atoms with van der Waals surface area (Å²) in [5, 5.41) is 29.7. The van der Waals surface area contributed by atoms with Gasteiger partial charge in [-0.15, -0.1) is 0 Å². The van der Waals surface area contributed by atoms with Crippen LogP contribution < -0.4 is 27.7 Å². The minimum atomic E-state index is -0.884. The number of ketones is 1. The number of nitrogens with two attached hydrogens (primary N) is 1. The lowest BCUT2D eigenvalue weighted by molar-refractivity contribution is -0.816. The number of carbonyl (C=O) groups is 1. The Morgan fingerprint density at radius 1 is 1.19 bits per heavy atom. The molecule has 0 aliphatic carbocycles. The SMILES string of the molecule is CC(C)C(=O)[C@@H]1CC(N/C=C(\N)CC(COO[O-])OO[O-])CN1C(C)C.N.O=S.O=S. The summed E-state index contributed by atoms with van der Waals surface area (Å²) in [6, 6.07) is 0.210. The van der Waals surface area contributed by atoms with Gasteiger partial charge >= 0.3 is 0 Å². The summed E-state index contributed by atoms with van der Waals surface area (Å²) in [7, 11) is 0. The number of nitrogens with one attached hydrogen (secondary N) is 1. The van der Waals surface area contributed by atoms with E-state index in [4.69, 9.17) is 14.2 Å². The van der Waals surface area contributed by atoms with E-state index in [1.54, 1.807) is 6.20 Å². The molecule has 1 saturated heterocycles. The molecule has 2 unspecified atom stereocenters. The third kappa shape index (κ3) is 13.7. The van der Waals surface area contributed by atoms with Gasteiger partial charge in [-0.05, 0) is 20.3 Å². The zero-order valence-electron chi connectivity index (χ0n) is 18.0. The third-order valence-electron chi connectivity index (χ3n) is 4.35. The predicted molar refractivity (Wildman–Crippen MR) is 108 cm³/mol. The Kier molecular flexibility index (Phi) is 22.8. The fourth-order valence-electron chi connectivity index (χ4n) is 3.04. The van der Waals surface area contributed by atoms with Gasteiger partial charge in [0.2, 0.25) is 0 Å². The van der Waals surface area contributed by atoms with E-state index >= 15 is 0 Å². The average Bonchev–Trinajstić information content (AvgIpc) is 3.17. The average molecular weight is 489 g/mol. The summed E-state index contributed by atoms with van der Waals surface area (Å²) in [6.07, 6.45) is 1.50. The molecule has 184 valence electrons. The van der Waals surface area contributed by atoms with Crippen molar-refractivity contribution in [3.8, 4) is 0 Å². The van der Waals surface area contributed by atoms with E-state index in [0.29, 0.717) is 12.1 Å². The van der Waals surface area contributed by atoms with Gasteiger partial charge in [-0.1, -0.05) is 13.8 Å². The molecule has 6 N–H and O–H groups in total.